The number of rotatable bonds is 18. The molecule has 6 aromatic carbocycles. The number of anilines is 6. The quantitative estimate of drug-likeness (QED) is 0.0153. The number of cyclic esters (lactones) is 3. The third kappa shape index (κ3) is 18.0. The molecule has 78 heavy (non-hydrogen) atoms. The molecule has 0 spiro atoms. The Bertz CT molecular complexity index is 2940. The standard InChI is InChI=1S/C22H19N5O6S2.C16H16N4O4S.C10H13N3O2.CH4.2H2S/c28-22-25(14-19(33-22)13-23-34-20-9-5-17(6-10-20)26(29)30)16-3-1-15(2-4-16)24-35-21-11-7-18(8-12-21)27(31)32;17-11-1-3-12(4-2-11)19-10-14(24-16(19)21)9-18-25-15-7-5-13(6-8-15)20(22)23;11-5-9-6-13(10(14)15-9)8-3-1-7(12)2-4-8;;;/h1-12,19,23-24H,13-14H2;1-8,14,18H,9-10,17H2;1-4,9H,5-6,11-12H2;1H4;2*1H2/t19-;14-;9-;;;/m111.../s1. The molecule has 3 aliphatic heterocycles. The first kappa shape index (κ1) is 62.9. The van der Waals surface area contributed by atoms with Crippen molar-refractivity contribution >= 4 is 132 Å². The van der Waals surface area contributed by atoms with Crippen LogP contribution in [-0.2, 0) is 14.2 Å². The van der Waals surface area contributed by atoms with Gasteiger partial charge < -0.3 is 36.1 Å². The third-order valence-electron chi connectivity index (χ3n) is 10.9. The molecule has 0 unspecified atom stereocenters. The molecule has 9 rings (SSSR count). The summed E-state index contributed by atoms with van der Waals surface area (Å²) in [5.41, 5.74) is 21.1. The predicted molar refractivity (Wildman–Crippen MR) is 314 cm³/mol. The van der Waals surface area contributed by atoms with Crippen molar-refractivity contribution in [2.75, 3.05) is 70.2 Å². The summed E-state index contributed by atoms with van der Waals surface area (Å²) in [5, 5.41) is 32.1. The van der Waals surface area contributed by atoms with Crippen molar-refractivity contribution in [3.05, 3.63) is 176 Å². The molecular weight excluding hydrogens is 1110 g/mol. The molecule has 3 aliphatic rings. The fourth-order valence-electron chi connectivity index (χ4n) is 7.01. The molecule has 0 bridgehead atoms. The molecule has 0 radical (unpaired) electrons. The van der Waals surface area contributed by atoms with Crippen LogP contribution in [0.3, 0.4) is 0 Å². The van der Waals surface area contributed by atoms with Crippen molar-refractivity contribution in [3.63, 3.8) is 0 Å². The second-order valence-electron chi connectivity index (χ2n) is 16.2. The fourth-order valence-corrected chi connectivity index (χ4v) is 9.07. The number of non-ortho nitro benzene ring substituents is 3. The minimum absolute atomic E-state index is 0. The SMILES string of the molecule is C.NC[C@@H]1CN(c2ccc(N)cc2)C(=O)O1.Nc1ccc(N2C[C@@H](CNSc3ccc([N+](=O)[O-])cc3)OC2=O)cc1.O=C1O[C@H](CNSc2ccc([N+](=O)[O-])cc2)CN1c1ccc(NSc2ccc([N+](=O)[O-])cc2)cc1.S.S. The van der Waals surface area contributed by atoms with Gasteiger partial charge in [-0.1, -0.05) is 7.43 Å². The molecule has 3 fully saturated rings. The Morgan fingerprint density at radius 2 is 0.769 bits per heavy atom. The third-order valence-corrected chi connectivity index (χ3v) is 13.4. The maximum Gasteiger partial charge on any atom is 0.414 e. The maximum absolute atomic E-state index is 12.3. The number of amides is 3. The number of carbonyl (C=O) groups excluding carboxylic acids is 3. The lowest BCUT2D eigenvalue weighted by Crippen LogP contribution is -2.28. The topological polar surface area (TPSA) is 332 Å². The Morgan fingerprint density at radius 3 is 1.08 bits per heavy atom. The summed E-state index contributed by atoms with van der Waals surface area (Å²) in [6, 6.07) is 40.0. The highest BCUT2D eigenvalue weighted by Crippen LogP contribution is 2.29. The Labute approximate surface area is 474 Å². The van der Waals surface area contributed by atoms with Gasteiger partial charge in [0.2, 0.25) is 0 Å². The molecule has 9 N–H and O–H groups in total. The molecule has 3 amide bonds. The van der Waals surface area contributed by atoms with Crippen LogP contribution in [0.2, 0.25) is 0 Å². The number of benzene rings is 6. The zero-order chi connectivity index (χ0) is 53.4. The van der Waals surface area contributed by atoms with Gasteiger partial charge in [0.25, 0.3) is 17.1 Å². The highest BCUT2D eigenvalue weighted by molar-refractivity contribution is 8.00. The first-order valence-electron chi connectivity index (χ1n) is 22.5. The van der Waals surface area contributed by atoms with E-state index >= 15 is 0 Å². The van der Waals surface area contributed by atoms with Crippen LogP contribution in [0.15, 0.2) is 160 Å². The van der Waals surface area contributed by atoms with Crippen molar-refractivity contribution in [1.82, 2.24) is 9.44 Å². The number of nitrogens with zero attached hydrogens (tertiary/aromatic N) is 6. The van der Waals surface area contributed by atoms with E-state index in [9.17, 15) is 44.7 Å². The molecule has 3 heterocycles. The summed E-state index contributed by atoms with van der Waals surface area (Å²) in [6.45, 7) is 2.54. The van der Waals surface area contributed by atoms with Crippen LogP contribution in [0.25, 0.3) is 0 Å². The van der Waals surface area contributed by atoms with E-state index in [0.717, 1.165) is 31.7 Å². The average molecular weight is 1170 g/mol. The molecule has 0 saturated carbocycles. The molecular formula is C49H56N12O12S5. The number of nitrogens with two attached hydrogens (primary N) is 3. The van der Waals surface area contributed by atoms with Crippen LogP contribution in [0.5, 0.6) is 0 Å². The van der Waals surface area contributed by atoms with Gasteiger partial charge in [-0.15, -0.1) is 0 Å². The molecule has 414 valence electrons. The lowest BCUT2D eigenvalue weighted by molar-refractivity contribution is -0.385. The van der Waals surface area contributed by atoms with Crippen molar-refractivity contribution in [1.29, 1.82) is 0 Å². The number of carbonyl (C=O) groups is 3. The molecule has 3 atom stereocenters. The summed E-state index contributed by atoms with van der Waals surface area (Å²) in [7, 11) is 0. The molecule has 3 saturated heterocycles. The molecule has 6 aromatic rings. The van der Waals surface area contributed by atoms with Gasteiger partial charge in [0, 0.05) is 105 Å². The largest absolute Gasteiger partial charge is 0.443 e. The van der Waals surface area contributed by atoms with Gasteiger partial charge in [0.05, 0.1) is 34.4 Å². The Balaban J connectivity index is 0.000000267. The number of nitrogen functional groups attached to an aromatic ring is 2. The van der Waals surface area contributed by atoms with Gasteiger partial charge in [0.15, 0.2) is 0 Å². The zero-order valence-electron chi connectivity index (χ0n) is 40.4. The van der Waals surface area contributed by atoms with Crippen LogP contribution >= 0.6 is 62.8 Å². The summed E-state index contributed by atoms with van der Waals surface area (Å²) >= 11 is 3.96. The molecule has 29 heteroatoms. The monoisotopic (exact) mass is 1160 g/mol. The lowest BCUT2D eigenvalue weighted by Gasteiger charge is -2.14. The fraction of sp³-hybridized carbons (Fsp3) is 0.204. The number of nitro groups is 3. The van der Waals surface area contributed by atoms with Gasteiger partial charge in [-0.3, -0.25) is 54.5 Å². The van der Waals surface area contributed by atoms with E-state index in [1.165, 1.54) is 72.2 Å². The van der Waals surface area contributed by atoms with Crippen LogP contribution in [0, 0.1) is 30.3 Å². The number of ether oxygens (including phenoxy) is 3. The van der Waals surface area contributed by atoms with Crippen molar-refractivity contribution in [2.24, 2.45) is 5.73 Å². The molecule has 0 aromatic heterocycles. The summed E-state index contributed by atoms with van der Waals surface area (Å²) in [5.74, 6) is 0. The Hall–Kier alpha value is -7.64. The average Bonchev–Trinajstić information content (AvgIpc) is 4.12. The van der Waals surface area contributed by atoms with E-state index in [4.69, 9.17) is 31.4 Å². The van der Waals surface area contributed by atoms with Gasteiger partial charge >= 0.3 is 18.3 Å². The second-order valence-corrected chi connectivity index (χ2v) is 19.0. The van der Waals surface area contributed by atoms with Crippen molar-refractivity contribution < 1.29 is 43.4 Å². The van der Waals surface area contributed by atoms with Gasteiger partial charge in [0.1, 0.15) is 18.3 Å². The van der Waals surface area contributed by atoms with E-state index < -0.39 is 27.0 Å². The zero-order valence-corrected chi connectivity index (χ0v) is 44.8. The predicted octanol–water partition coefficient (Wildman–Crippen LogP) is 9.46. The van der Waals surface area contributed by atoms with E-state index in [0.29, 0.717) is 56.3 Å². The highest BCUT2D eigenvalue weighted by Gasteiger charge is 2.34. The number of nitro benzene ring substituents is 3. The van der Waals surface area contributed by atoms with Gasteiger partial charge in [-0.25, -0.2) is 14.4 Å². The van der Waals surface area contributed by atoms with Crippen LogP contribution < -0.4 is 46.1 Å². The molecule has 24 nitrogen and oxygen atoms in total. The summed E-state index contributed by atoms with van der Waals surface area (Å²) in [4.78, 5) is 73.6. The lowest BCUT2D eigenvalue weighted by atomic mass is 10.2. The number of nitrogens with one attached hydrogen (secondary N) is 3. The first-order valence-corrected chi connectivity index (χ1v) is 25.0. The Morgan fingerprint density at radius 1 is 0.474 bits per heavy atom. The van der Waals surface area contributed by atoms with Crippen LogP contribution in [-0.4, -0.2) is 90.6 Å². The van der Waals surface area contributed by atoms with E-state index in [1.54, 1.807) is 112 Å². The minimum Gasteiger partial charge on any atom is -0.443 e. The second kappa shape index (κ2) is 30.3. The van der Waals surface area contributed by atoms with Crippen LogP contribution in [0.4, 0.5) is 65.6 Å². The highest BCUT2D eigenvalue weighted by atomic mass is 32.2. The summed E-state index contributed by atoms with van der Waals surface area (Å²) in [6.07, 6.45) is -2.01. The van der Waals surface area contributed by atoms with Crippen molar-refractivity contribution in [2.45, 2.75) is 40.4 Å². The normalized spacial score (nSPS) is 16.0. The number of hydrogen-bond acceptors (Lipinski definition) is 21. The molecule has 0 aliphatic carbocycles. The van der Waals surface area contributed by atoms with E-state index in [-0.39, 0.29) is 75.9 Å². The summed E-state index contributed by atoms with van der Waals surface area (Å²) < 4.78 is 25.2. The smallest absolute Gasteiger partial charge is 0.414 e. The van der Waals surface area contributed by atoms with Gasteiger partial charge in [-0.2, -0.15) is 27.0 Å². The maximum atomic E-state index is 12.3. The van der Waals surface area contributed by atoms with Gasteiger partial charge in [-0.05, 0) is 145 Å². The number of hydrogen-bond donors (Lipinski definition) is 6. The van der Waals surface area contributed by atoms with Crippen LogP contribution in [0.1, 0.15) is 7.43 Å². The minimum atomic E-state index is -0.450. The first-order chi connectivity index (χ1) is 36.1. The van der Waals surface area contributed by atoms with E-state index in [2.05, 4.69) is 14.2 Å². The van der Waals surface area contributed by atoms with E-state index in [1.807, 2.05) is 12.1 Å². The van der Waals surface area contributed by atoms with Crippen molar-refractivity contribution in [3.8, 4) is 0 Å². The Kier molecular flexibility index (Phi) is 24.5.